The van der Waals surface area contributed by atoms with Gasteiger partial charge in [-0.2, -0.15) is 0 Å². The molecule has 2 nitrogen and oxygen atoms in total. The summed E-state index contributed by atoms with van der Waals surface area (Å²) < 4.78 is 1.29. The largest absolute Gasteiger partial charge is 0.378 e. The van der Waals surface area contributed by atoms with Crippen molar-refractivity contribution >= 4 is 27.2 Å². The molecule has 1 heterocycles. The summed E-state index contributed by atoms with van der Waals surface area (Å²) in [6.45, 7) is 2.14. The number of benzene rings is 1. The number of anilines is 1. The van der Waals surface area contributed by atoms with Gasteiger partial charge in [-0.3, -0.25) is 0 Å². The van der Waals surface area contributed by atoms with E-state index in [1.54, 1.807) is 11.3 Å². The summed E-state index contributed by atoms with van der Waals surface area (Å²) in [7, 11) is 4.12. The monoisotopic (exact) mass is 206 g/mol. The lowest BCUT2D eigenvalue weighted by Crippen LogP contribution is -2.07. The van der Waals surface area contributed by atoms with Crippen molar-refractivity contribution in [1.82, 2.24) is 4.98 Å². The van der Waals surface area contributed by atoms with Crippen molar-refractivity contribution in [3.63, 3.8) is 0 Å². The fraction of sp³-hybridized carbons (Fsp3) is 0.364. The normalized spacial score (nSPS) is 10.8. The maximum atomic E-state index is 4.53. The van der Waals surface area contributed by atoms with Gasteiger partial charge in [0.2, 0.25) is 0 Å². The lowest BCUT2D eigenvalue weighted by atomic mass is 10.3. The first-order valence-electron chi connectivity index (χ1n) is 4.77. The Hall–Kier alpha value is -1.09. The fourth-order valence-corrected chi connectivity index (χ4v) is 2.33. The van der Waals surface area contributed by atoms with E-state index < -0.39 is 0 Å². The molecule has 0 aliphatic carbocycles. The molecule has 0 atom stereocenters. The average Bonchev–Trinajstić information content (AvgIpc) is 2.58. The molecule has 0 amide bonds. The van der Waals surface area contributed by atoms with Gasteiger partial charge < -0.3 is 4.90 Å². The minimum atomic E-state index is 1.02. The Morgan fingerprint density at radius 1 is 1.36 bits per heavy atom. The molecule has 0 spiro atoms. The van der Waals surface area contributed by atoms with Gasteiger partial charge in [0, 0.05) is 19.8 Å². The Bertz CT molecular complexity index is 445. The van der Waals surface area contributed by atoms with Crippen LogP contribution in [0.1, 0.15) is 11.9 Å². The van der Waals surface area contributed by atoms with Gasteiger partial charge >= 0.3 is 0 Å². The van der Waals surface area contributed by atoms with Gasteiger partial charge in [0.1, 0.15) is 0 Å². The Morgan fingerprint density at radius 2 is 2.14 bits per heavy atom. The van der Waals surface area contributed by atoms with Crippen molar-refractivity contribution in [2.75, 3.05) is 19.0 Å². The number of aromatic nitrogens is 1. The number of thiazole rings is 1. The Balaban J connectivity index is 2.54. The van der Waals surface area contributed by atoms with Crippen LogP contribution >= 0.6 is 11.3 Å². The third-order valence-corrected chi connectivity index (χ3v) is 3.40. The summed E-state index contributed by atoms with van der Waals surface area (Å²) in [4.78, 5) is 6.65. The third-order valence-electron chi connectivity index (χ3n) is 2.24. The molecule has 2 rings (SSSR count). The van der Waals surface area contributed by atoms with E-state index in [0.29, 0.717) is 0 Å². The summed E-state index contributed by atoms with van der Waals surface area (Å²) in [5, 5.41) is 1.22. The second-order valence-electron chi connectivity index (χ2n) is 3.51. The third kappa shape index (κ3) is 1.60. The lowest BCUT2D eigenvalue weighted by molar-refractivity contribution is 1.11. The fourth-order valence-electron chi connectivity index (χ4n) is 1.39. The maximum Gasteiger partial charge on any atom is 0.0935 e. The summed E-state index contributed by atoms with van der Waals surface area (Å²) in [6.07, 6.45) is 1.02. The van der Waals surface area contributed by atoms with E-state index in [9.17, 15) is 0 Å². The number of nitrogens with zero attached hydrogens (tertiary/aromatic N) is 2. The van der Waals surface area contributed by atoms with Gasteiger partial charge in [0.15, 0.2) is 0 Å². The van der Waals surface area contributed by atoms with Crippen molar-refractivity contribution in [1.29, 1.82) is 0 Å². The van der Waals surface area contributed by atoms with E-state index in [-0.39, 0.29) is 0 Å². The standard InChI is InChI=1S/C11H14N2S/c1-4-11-12-9-6-5-8(13(2)3)7-10(9)14-11/h5-7H,4H2,1-3H3. The zero-order valence-corrected chi connectivity index (χ0v) is 9.56. The summed E-state index contributed by atoms with van der Waals surface area (Å²) in [6, 6.07) is 6.41. The highest BCUT2D eigenvalue weighted by molar-refractivity contribution is 7.18. The molecule has 0 aliphatic heterocycles. The molecule has 1 aromatic heterocycles. The van der Waals surface area contributed by atoms with Crippen LogP contribution in [0.5, 0.6) is 0 Å². The van der Waals surface area contributed by atoms with Crippen LogP contribution in [0.2, 0.25) is 0 Å². The predicted octanol–water partition coefficient (Wildman–Crippen LogP) is 2.92. The highest BCUT2D eigenvalue weighted by atomic mass is 32.1. The summed E-state index contributed by atoms with van der Waals surface area (Å²) in [5.41, 5.74) is 2.36. The Kier molecular flexibility index (Phi) is 2.42. The molecule has 0 radical (unpaired) electrons. The SMILES string of the molecule is CCc1nc2ccc(N(C)C)cc2s1. The first-order valence-corrected chi connectivity index (χ1v) is 5.59. The first-order chi connectivity index (χ1) is 6.70. The van der Waals surface area contributed by atoms with Crippen molar-refractivity contribution in [3.8, 4) is 0 Å². The van der Waals surface area contributed by atoms with Crippen LogP contribution in [0, 0.1) is 0 Å². The lowest BCUT2D eigenvalue weighted by Gasteiger charge is -2.11. The highest BCUT2D eigenvalue weighted by Crippen LogP contribution is 2.26. The molecular weight excluding hydrogens is 192 g/mol. The molecule has 0 unspecified atom stereocenters. The molecule has 1 aromatic carbocycles. The van der Waals surface area contributed by atoms with Crippen LogP contribution in [0.15, 0.2) is 18.2 Å². The van der Waals surface area contributed by atoms with Crippen LogP contribution in [0.4, 0.5) is 5.69 Å². The minimum Gasteiger partial charge on any atom is -0.378 e. The second kappa shape index (κ2) is 3.58. The zero-order chi connectivity index (χ0) is 10.1. The van der Waals surface area contributed by atoms with Gasteiger partial charge in [-0.05, 0) is 24.6 Å². The first kappa shape index (κ1) is 9.46. The van der Waals surface area contributed by atoms with E-state index in [2.05, 4.69) is 49.1 Å². The molecule has 3 heteroatoms. The molecule has 14 heavy (non-hydrogen) atoms. The van der Waals surface area contributed by atoms with Gasteiger partial charge in [-0.1, -0.05) is 6.92 Å². The van der Waals surface area contributed by atoms with Crippen molar-refractivity contribution in [3.05, 3.63) is 23.2 Å². The Morgan fingerprint density at radius 3 is 2.79 bits per heavy atom. The molecule has 0 N–H and O–H groups in total. The molecule has 74 valence electrons. The van der Waals surface area contributed by atoms with E-state index in [1.165, 1.54) is 15.4 Å². The second-order valence-corrected chi connectivity index (χ2v) is 4.62. The van der Waals surface area contributed by atoms with Crippen molar-refractivity contribution < 1.29 is 0 Å². The summed E-state index contributed by atoms with van der Waals surface area (Å²) in [5.74, 6) is 0. The smallest absolute Gasteiger partial charge is 0.0935 e. The Labute approximate surface area is 88.2 Å². The van der Waals surface area contributed by atoms with E-state index in [0.717, 1.165) is 11.9 Å². The molecular formula is C11H14N2S. The van der Waals surface area contributed by atoms with Gasteiger partial charge in [-0.15, -0.1) is 11.3 Å². The number of rotatable bonds is 2. The van der Waals surface area contributed by atoms with Gasteiger partial charge in [0.25, 0.3) is 0 Å². The van der Waals surface area contributed by atoms with Gasteiger partial charge in [0.05, 0.1) is 15.2 Å². The molecule has 2 aromatic rings. The minimum absolute atomic E-state index is 1.02. The highest BCUT2D eigenvalue weighted by Gasteiger charge is 2.03. The quantitative estimate of drug-likeness (QED) is 0.751. The van der Waals surface area contributed by atoms with Gasteiger partial charge in [-0.25, -0.2) is 4.98 Å². The molecule has 0 aliphatic rings. The maximum absolute atomic E-state index is 4.53. The van der Waals surface area contributed by atoms with Crippen LogP contribution in [0.3, 0.4) is 0 Å². The van der Waals surface area contributed by atoms with E-state index in [4.69, 9.17) is 0 Å². The van der Waals surface area contributed by atoms with Crippen molar-refractivity contribution in [2.24, 2.45) is 0 Å². The van der Waals surface area contributed by atoms with E-state index in [1.807, 2.05) is 0 Å². The number of aryl methyl sites for hydroxylation is 1. The molecule has 0 saturated carbocycles. The zero-order valence-electron chi connectivity index (χ0n) is 8.74. The van der Waals surface area contributed by atoms with Crippen LogP contribution in [0.25, 0.3) is 10.2 Å². The van der Waals surface area contributed by atoms with E-state index >= 15 is 0 Å². The van der Waals surface area contributed by atoms with Crippen molar-refractivity contribution in [2.45, 2.75) is 13.3 Å². The number of fused-ring (bicyclic) bond motifs is 1. The topological polar surface area (TPSA) is 16.1 Å². The molecule has 0 fully saturated rings. The van der Waals surface area contributed by atoms with Crippen LogP contribution < -0.4 is 4.90 Å². The molecule has 0 bridgehead atoms. The number of hydrogen-bond acceptors (Lipinski definition) is 3. The predicted molar refractivity (Wildman–Crippen MR) is 63.3 cm³/mol. The van der Waals surface area contributed by atoms with Crippen LogP contribution in [-0.4, -0.2) is 19.1 Å². The summed E-state index contributed by atoms with van der Waals surface area (Å²) >= 11 is 1.79. The number of hydrogen-bond donors (Lipinski definition) is 0. The van der Waals surface area contributed by atoms with Crippen LogP contribution in [-0.2, 0) is 6.42 Å². The average molecular weight is 206 g/mol. The molecule has 0 saturated heterocycles.